The molecule has 46 heavy (non-hydrogen) atoms. The lowest BCUT2D eigenvalue weighted by Crippen LogP contribution is -2.32. The number of nitro benzene ring substituents is 1. The number of imide groups is 1. The maximum Gasteiger partial charge on any atom is 0.418 e. The molecule has 3 atom stereocenters. The Hall–Kier alpha value is -4.67. The first-order chi connectivity index (χ1) is 21.8. The third-order valence-corrected chi connectivity index (χ3v) is 9.95. The van der Waals surface area contributed by atoms with E-state index >= 15 is 0 Å². The summed E-state index contributed by atoms with van der Waals surface area (Å²) in [5.41, 5.74) is -1.37. The molecule has 2 N–H and O–H groups in total. The summed E-state index contributed by atoms with van der Waals surface area (Å²) in [6.07, 6.45) is -4.72. The lowest BCUT2D eigenvalue weighted by atomic mass is 9.82. The van der Waals surface area contributed by atoms with Crippen molar-refractivity contribution in [2.24, 2.45) is 5.92 Å². The van der Waals surface area contributed by atoms with Gasteiger partial charge in [-0.25, -0.2) is 4.90 Å². The third-order valence-electron chi connectivity index (χ3n) is 7.31. The molecule has 0 aliphatic carbocycles. The minimum Gasteiger partial charge on any atom is -0.483 e. The van der Waals surface area contributed by atoms with Crippen LogP contribution < -0.4 is 19.8 Å². The van der Waals surface area contributed by atoms with E-state index in [0.29, 0.717) is 9.90 Å². The van der Waals surface area contributed by atoms with Crippen molar-refractivity contribution in [2.45, 2.75) is 22.4 Å². The van der Waals surface area contributed by atoms with Gasteiger partial charge in [-0.1, -0.05) is 46.8 Å². The van der Waals surface area contributed by atoms with Gasteiger partial charge in [0, 0.05) is 33.5 Å². The van der Waals surface area contributed by atoms with E-state index < -0.39 is 68.6 Å². The number of para-hydroxylation sites is 1. The molecule has 236 valence electrons. The average molecular weight is 691 g/mol. The number of nitro groups is 1. The van der Waals surface area contributed by atoms with Gasteiger partial charge in [0.25, 0.3) is 11.6 Å². The predicted octanol–water partition coefficient (Wildman–Crippen LogP) is 5.83. The van der Waals surface area contributed by atoms with Gasteiger partial charge in [-0.2, -0.15) is 13.2 Å². The average Bonchev–Trinajstić information content (AvgIpc) is 3.50. The van der Waals surface area contributed by atoms with E-state index in [1.165, 1.54) is 42.5 Å². The number of non-ortho nitro benzene ring substituents is 1. The molecule has 1 aromatic heterocycles. The van der Waals surface area contributed by atoms with E-state index in [2.05, 4.69) is 10.3 Å². The fourth-order valence-electron chi connectivity index (χ4n) is 5.39. The zero-order valence-corrected chi connectivity index (χ0v) is 25.3. The summed E-state index contributed by atoms with van der Waals surface area (Å²) in [6, 6.07) is 13.7. The van der Waals surface area contributed by atoms with Gasteiger partial charge in [-0.15, -0.1) is 0 Å². The predicted molar refractivity (Wildman–Crippen MR) is 163 cm³/mol. The lowest BCUT2D eigenvalue weighted by molar-refractivity contribution is -0.384. The maximum atomic E-state index is 14.0. The lowest BCUT2D eigenvalue weighted by Gasteiger charge is -2.31. The largest absolute Gasteiger partial charge is 0.483 e. The summed E-state index contributed by atoms with van der Waals surface area (Å²) in [7, 11) is 0. The highest BCUT2D eigenvalue weighted by Gasteiger charge is 2.57. The molecule has 0 radical (unpaired) electrons. The summed E-state index contributed by atoms with van der Waals surface area (Å²) in [4.78, 5) is 67.0. The standard InChI is InChI=1S/C29H18ClF3N4O7S2/c30-13-5-10-19(44-12-20(38)34-18-4-2-1-3-17(18)29(31,32)33)16(11-13)21-22-24(45-25-23(21)46-28(41)35-25)27(40)36(26(22)39)14-6-8-15(9-7-14)37(42)43/h1-11,21-22,24H,12H2,(H,34,38)(H,35,41)/t21-,22?,24?/m1/s1. The summed E-state index contributed by atoms with van der Waals surface area (Å²) in [5, 5.41) is 12.9. The Balaban J connectivity index is 1.34. The molecule has 2 aliphatic rings. The van der Waals surface area contributed by atoms with Crippen LogP contribution in [0.25, 0.3) is 0 Å². The number of aromatic amines is 1. The number of nitrogens with one attached hydrogen (secondary N) is 2. The molecule has 0 saturated carbocycles. The molecule has 6 rings (SSSR count). The van der Waals surface area contributed by atoms with E-state index in [9.17, 15) is 42.5 Å². The van der Waals surface area contributed by atoms with Gasteiger partial charge < -0.3 is 15.0 Å². The Morgan fingerprint density at radius 1 is 1.07 bits per heavy atom. The Morgan fingerprint density at radius 3 is 2.48 bits per heavy atom. The van der Waals surface area contributed by atoms with Crippen LogP contribution in [0.1, 0.15) is 21.9 Å². The number of rotatable bonds is 7. The van der Waals surface area contributed by atoms with Crippen molar-refractivity contribution in [3.63, 3.8) is 0 Å². The van der Waals surface area contributed by atoms with Crippen LogP contribution in [0.15, 0.2) is 76.6 Å². The van der Waals surface area contributed by atoms with E-state index in [1.807, 2.05) is 0 Å². The zero-order valence-electron chi connectivity index (χ0n) is 22.9. The van der Waals surface area contributed by atoms with Crippen LogP contribution in [-0.4, -0.2) is 39.5 Å². The number of amides is 3. The Labute approximate surface area is 269 Å². The Morgan fingerprint density at radius 2 is 1.78 bits per heavy atom. The van der Waals surface area contributed by atoms with Gasteiger partial charge in [-0.05, 0) is 42.5 Å². The molecule has 11 nitrogen and oxygen atoms in total. The number of thioether (sulfide) groups is 1. The number of alkyl halides is 3. The van der Waals surface area contributed by atoms with Crippen LogP contribution in [0.3, 0.4) is 0 Å². The number of nitrogens with zero attached hydrogens (tertiary/aromatic N) is 2. The maximum absolute atomic E-state index is 14.0. The smallest absolute Gasteiger partial charge is 0.418 e. The quantitative estimate of drug-likeness (QED) is 0.140. The molecule has 17 heteroatoms. The number of H-pyrrole nitrogens is 1. The number of hydrogen-bond acceptors (Lipinski definition) is 9. The fourth-order valence-corrected chi connectivity index (χ4v) is 8.08. The van der Waals surface area contributed by atoms with Gasteiger partial charge in [0.05, 0.1) is 32.8 Å². The molecule has 2 aliphatic heterocycles. The van der Waals surface area contributed by atoms with Crippen LogP contribution in [0.4, 0.5) is 30.2 Å². The van der Waals surface area contributed by atoms with Gasteiger partial charge in [0.15, 0.2) is 6.61 Å². The second-order valence-electron chi connectivity index (χ2n) is 10.1. The van der Waals surface area contributed by atoms with Crippen LogP contribution in [0, 0.1) is 16.0 Å². The number of halogens is 4. The molecule has 1 saturated heterocycles. The van der Waals surface area contributed by atoms with Crippen LogP contribution in [0.5, 0.6) is 5.75 Å². The van der Waals surface area contributed by atoms with Gasteiger partial charge >= 0.3 is 11.0 Å². The number of aromatic nitrogens is 1. The summed E-state index contributed by atoms with van der Waals surface area (Å²) >= 11 is 8.16. The molecule has 3 amide bonds. The van der Waals surface area contributed by atoms with E-state index in [-0.39, 0.29) is 27.7 Å². The molecular weight excluding hydrogens is 673 g/mol. The second-order valence-corrected chi connectivity index (χ2v) is 12.7. The van der Waals surface area contributed by atoms with E-state index in [0.717, 1.165) is 52.3 Å². The molecule has 3 heterocycles. The topological polar surface area (TPSA) is 152 Å². The number of ether oxygens (including phenoxy) is 1. The highest BCUT2D eigenvalue weighted by atomic mass is 35.5. The van der Waals surface area contributed by atoms with Crippen LogP contribution in [-0.2, 0) is 20.6 Å². The first kappa shape index (κ1) is 31.3. The first-order valence-corrected chi connectivity index (χ1v) is 15.3. The number of carbonyl (C=O) groups excluding carboxylic acids is 3. The van der Waals surface area contributed by atoms with Crippen LogP contribution in [0.2, 0.25) is 5.02 Å². The summed E-state index contributed by atoms with van der Waals surface area (Å²) < 4.78 is 46.0. The van der Waals surface area contributed by atoms with Crippen molar-refractivity contribution in [1.82, 2.24) is 4.98 Å². The monoisotopic (exact) mass is 690 g/mol. The number of benzene rings is 3. The normalized spacial score (nSPS) is 19.0. The van der Waals surface area contributed by atoms with Crippen molar-refractivity contribution >= 4 is 69.5 Å². The number of hydrogen-bond donors (Lipinski definition) is 2. The number of fused-ring (bicyclic) bond motifs is 2. The minimum absolute atomic E-state index is 0.0418. The van der Waals surface area contributed by atoms with Gasteiger partial charge in [0.2, 0.25) is 11.8 Å². The molecule has 0 bridgehead atoms. The first-order valence-electron chi connectivity index (χ1n) is 13.2. The highest BCUT2D eigenvalue weighted by molar-refractivity contribution is 8.00. The number of carbonyl (C=O) groups is 3. The molecule has 3 aromatic carbocycles. The van der Waals surface area contributed by atoms with Crippen molar-refractivity contribution in [2.75, 3.05) is 16.8 Å². The Bertz CT molecular complexity index is 1970. The number of thiazole rings is 1. The molecule has 2 unspecified atom stereocenters. The fraction of sp³-hybridized carbons (Fsp3) is 0.172. The zero-order chi connectivity index (χ0) is 32.9. The SMILES string of the molecule is O=C(COc1ccc(Cl)cc1[C@H]1c2sc(=O)[nH]c2SC2C(=O)N(c3ccc([N+](=O)[O-])cc3)C(=O)C21)Nc1ccccc1C(F)(F)F. The Kier molecular flexibility index (Phi) is 8.12. The van der Waals surface area contributed by atoms with Crippen molar-refractivity contribution in [1.29, 1.82) is 0 Å². The van der Waals surface area contributed by atoms with Crippen LogP contribution >= 0.6 is 34.7 Å². The molecule has 1 fully saturated rings. The molecule has 4 aromatic rings. The van der Waals surface area contributed by atoms with Gasteiger partial charge in [0.1, 0.15) is 11.0 Å². The van der Waals surface area contributed by atoms with Crippen molar-refractivity contribution in [3.05, 3.63) is 108 Å². The third kappa shape index (κ3) is 5.74. The number of anilines is 2. The minimum atomic E-state index is -4.72. The van der Waals surface area contributed by atoms with E-state index in [1.54, 1.807) is 0 Å². The van der Waals surface area contributed by atoms with Crippen molar-refractivity contribution < 1.29 is 37.2 Å². The molecular formula is C29H18ClF3N4O7S2. The molecule has 0 spiro atoms. The van der Waals surface area contributed by atoms with Gasteiger partial charge in [-0.3, -0.25) is 29.3 Å². The summed E-state index contributed by atoms with van der Waals surface area (Å²) in [5.74, 6) is -4.16. The second kappa shape index (κ2) is 11.9. The summed E-state index contributed by atoms with van der Waals surface area (Å²) in [6.45, 7) is -0.728. The van der Waals surface area contributed by atoms with Crippen molar-refractivity contribution in [3.8, 4) is 5.75 Å². The highest BCUT2D eigenvalue weighted by Crippen LogP contribution is 2.55. The van der Waals surface area contributed by atoms with E-state index in [4.69, 9.17) is 16.3 Å².